The molecule has 0 bridgehead atoms. The Balaban J connectivity index is 2.16. The second-order valence-electron chi connectivity index (χ2n) is 2.55. The van der Waals surface area contributed by atoms with E-state index in [-0.39, 0.29) is 12.2 Å². The number of benzene rings is 1. The number of hydrogen-bond acceptors (Lipinski definition) is 1. The van der Waals surface area contributed by atoms with E-state index in [1.165, 1.54) is 5.56 Å². The quantitative estimate of drug-likeness (QED) is 0.432. The van der Waals surface area contributed by atoms with E-state index in [0.29, 0.717) is 0 Å². The summed E-state index contributed by atoms with van der Waals surface area (Å²) >= 11 is 0. The Morgan fingerprint density at radius 2 is 2.00 bits per heavy atom. The number of epoxide rings is 1. The van der Waals surface area contributed by atoms with Crippen molar-refractivity contribution in [3.05, 3.63) is 35.9 Å². The Hall–Kier alpha value is -1.26. The molecule has 0 radical (unpaired) electrons. The predicted octanol–water partition coefficient (Wildman–Crippen LogP) is 1.76. The van der Waals surface area contributed by atoms with Gasteiger partial charge in [-0.15, -0.1) is 6.42 Å². The summed E-state index contributed by atoms with van der Waals surface area (Å²) in [7, 11) is 0. The third-order valence-electron chi connectivity index (χ3n) is 1.78. The molecule has 2 rings (SSSR count). The summed E-state index contributed by atoms with van der Waals surface area (Å²) in [4.78, 5) is 0. The van der Waals surface area contributed by atoms with E-state index in [1.807, 2.05) is 30.3 Å². The van der Waals surface area contributed by atoms with Gasteiger partial charge in [0.1, 0.15) is 12.2 Å². The van der Waals surface area contributed by atoms with Gasteiger partial charge in [-0.1, -0.05) is 36.3 Å². The summed E-state index contributed by atoms with van der Waals surface area (Å²) in [6.07, 6.45) is 5.35. The van der Waals surface area contributed by atoms with Gasteiger partial charge in [0.25, 0.3) is 0 Å². The molecule has 1 fully saturated rings. The monoisotopic (exact) mass is 144 g/mol. The van der Waals surface area contributed by atoms with Crippen LogP contribution in [0.2, 0.25) is 0 Å². The number of ether oxygens (including phenoxy) is 1. The van der Waals surface area contributed by atoms with Gasteiger partial charge in [0, 0.05) is 0 Å². The summed E-state index contributed by atoms with van der Waals surface area (Å²) in [6.45, 7) is 0. The average Bonchev–Trinajstić information content (AvgIpc) is 2.85. The van der Waals surface area contributed by atoms with E-state index in [2.05, 4.69) is 5.92 Å². The number of hydrogen-bond donors (Lipinski definition) is 0. The van der Waals surface area contributed by atoms with Gasteiger partial charge in [-0.2, -0.15) is 0 Å². The van der Waals surface area contributed by atoms with Crippen LogP contribution in [0.3, 0.4) is 0 Å². The van der Waals surface area contributed by atoms with Crippen molar-refractivity contribution in [2.24, 2.45) is 0 Å². The molecule has 0 amide bonds. The first-order valence-electron chi connectivity index (χ1n) is 3.58. The molecular weight excluding hydrogens is 136 g/mol. The molecule has 1 nitrogen and oxygen atoms in total. The molecule has 0 spiro atoms. The molecule has 0 saturated carbocycles. The molecule has 0 N–H and O–H groups in total. The Bertz CT molecular complexity index is 283. The van der Waals surface area contributed by atoms with Crippen molar-refractivity contribution in [3.63, 3.8) is 0 Å². The molecule has 1 aromatic rings. The summed E-state index contributed by atoms with van der Waals surface area (Å²) < 4.78 is 5.22. The molecule has 0 aromatic heterocycles. The van der Waals surface area contributed by atoms with Crippen LogP contribution in [-0.2, 0) is 4.74 Å². The highest BCUT2D eigenvalue weighted by Gasteiger charge is 2.38. The highest BCUT2D eigenvalue weighted by Crippen LogP contribution is 2.37. The van der Waals surface area contributed by atoms with Crippen LogP contribution in [0.4, 0.5) is 0 Å². The van der Waals surface area contributed by atoms with Crippen LogP contribution in [0.15, 0.2) is 30.3 Å². The highest BCUT2D eigenvalue weighted by atomic mass is 16.6. The first-order valence-corrected chi connectivity index (χ1v) is 3.58. The molecule has 1 heterocycles. The second-order valence-corrected chi connectivity index (χ2v) is 2.55. The van der Waals surface area contributed by atoms with Crippen molar-refractivity contribution in [3.8, 4) is 12.3 Å². The highest BCUT2D eigenvalue weighted by molar-refractivity contribution is 5.26. The third kappa shape index (κ3) is 1.13. The summed E-state index contributed by atoms with van der Waals surface area (Å²) in [5, 5.41) is 0. The van der Waals surface area contributed by atoms with Crippen molar-refractivity contribution in [1.82, 2.24) is 0 Å². The molecule has 1 aliphatic heterocycles. The van der Waals surface area contributed by atoms with Crippen molar-refractivity contribution in [2.75, 3.05) is 0 Å². The molecule has 54 valence electrons. The van der Waals surface area contributed by atoms with E-state index < -0.39 is 0 Å². The van der Waals surface area contributed by atoms with Gasteiger partial charge in [0.15, 0.2) is 0 Å². The standard InChI is InChI=1S/C10H8O/c1-2-9-10(11-9)8-6-4-3-5-7-8/h1,3-7,9-10H/t9-,10+/m0/s1. The third-order valence-corrected chi connectivity index (χ3v) is 1.78. The van der Waals surface area contributed by atoms with Gasteiger partial charge < -0.3 is 4.74 Å². The smallest absolute Gasteiger partial charge is 0.149 e. The molecular formula is C10H8O. The first kappa shape index (κ1) is 6.45. The Morgan fingerprint density at radius 1 is 1.27 bits per heavy atom. The van der Waals surface area contributed by atoms with Gasteiger partial charge in [-0.25, -0.2) is 0 Å². The topological polar surface area (TPSA) is 12.5 Å². The van der Waals surface area contributed by atoms with Crippen LogP contribution in [0, 0.1) is 12.3 Å². The maximum absolute atomic E-state index is 5.22. The molecule has 0 unspecified atom stereocenters. The number of rotatable bonds is 1. The van der Waals surface area contributed by atoms with Crippen LogP contribution < -0.4 is 0 Å². The minimum atomic E-state index is 0.0115. The number of terminal acetylenes is 1. The predicted molar refractivity (Wildman–Crippen MR) is 42.9 cm³/mol. The minimum Gasteiger partial charge on any atom is -0.351 e. The van der Waals surface area contributed by atoms with Crippen LogP contribution in [-0.4, -0.2) is 6.10 Å². The second kappa shape index (κ2) is 2.41. The van der Waals surface area contributed by atoms with Crippen LogP contribution in [0.5, 0.6) is 0 Å². The Kier molecular flexibility index (Phi) is 1.41. The van der Waals surface area contributed by atoms with E-state index in [0.717, 1.165) is 0 Å². The lowest BCUT2D eigenvalue weighted by Crippen LogP contribution is -1.82. The fourth-order valence-corrected chi connectivity index (χ4v) is 1.14. The van der Waals surface area contributed by atoms with E-state index in [1.54, 1.807) is 0 Å². The lowest BCUT2D eigenvalue weighted by molar-refractivity contribution is 0.397. The van der Waals surface area contributed by atoms with Gasteiger partial charge in [-0.05, 0) is 5.56 Å². The van der Waals surface area contributed by atoms with Gasteiger partial charge >= 0.3 is 0 Å². The first-order chi connectivity index (χ1) is 5.42. The zero-order valence-corrected chi connectivity index (χ0v) is 6.03. The van der Waals surface area contributed by atoms with Crippen molar-refractivity contribution >= 4 is 0 Å². The van der Waals surface area contributed by atoms with Crippen molar-refractivity contribution in [1.29, 1.82) is 0 Å². The normalized spacial score (nSPS) is 27.5. The van der Waals surface area contributed by atoms with Gasteiger partial charge in [-0.3, -0.25) is 0 Å². The molecule has 2 atom stereocenters. The summed E-state index contributed by atoms with van der Waals surface area (Å²) in [5.74, 6) is 2.57. The van der Waals surface area contributed by atoms with Crippen LogP contribution in [0.25, 0.3) is 0 Å². The van der Waals surface area contributed by atoms with E-state index >= 15 is 0 Å². The molecule has 1 heteroatoms. The fourth-order valence-electron chi connectivity index (χ4n) is 1.14. The zero-order chi connectivity index (χ0) is 7.68. The molecule has 11 heavy (non-hydrogen) atoms. The molecule has 1 aliphatic rings. The van der Waals surface area contributed by atoms with Gasteiger partial charge in [0.2, 0.25) is 0 Å². The zero-order valence-electron chi connectivity index (χ0n) is 6.03. The Morgan fingerprint density at radius 3 is 2.55 bits per heavy atom. The largest absolute Gasteiger partial charge is 0.351 e. The summed E-state index contributed by atoms with van der Waals surface area (Å²) in [6, 6.07) is 10.0. The van der Waals surface area contributed by atoms with Crippen molar-refractivity contribution < 1.29 is 4.74 Å². The molecule has 1 aromatic carbocycles. The SMILES string of the molecule is C#C[C@@H]1O[C@@H]1c1ccccc1. The summed E-state index contributed by atoms with van der Waals surface area (Å²) in [5.41, 5.74) is 1.18. The minimum absolute atomic E-state index is 0.0115. The van der Waals surface area contributed by atoms with Crippen LogP contribution >= 0.6 is 0 Å². The van der Waals surface area contributed by atoms with Crippen molar-refractivity contribution in [2.45, 2.75) is 12.2 Å². The van der Waals surface area contributed by atoms with E-state index in [9.17, 15) is 0 Å². The van der Waals surface area contributed by atoms with Crippen LogP contribution in [0.1, 0.15) is 11.7 Å². The lowest BCUT2D eigenvalue weighted by Gasteiger charge is -1.90. The fraction of sp³-hybridized carbons (Fsp3) is 0.200. The average molecular weight is 144 g/mol. The molecule has 1 saturated heterocycles. The maximum Gasteiger partial charge on any atom is 0.149 e. The van der Waals surface area contributed by atoms with Gasteiger partial charge in [0.05, 0.1) is 0 Å². The molecule has 0 aliphatic carbocycles. The maximum atomic E-state index is 5.22. The van der Waals surface area contributed by atoms with E-state index in [4.69, 9.17) is 11.2 Å². The Labute approximate surface area is 66.0 Å². The lowest BCUT2D eigenvalue weighted by atomic mass is 10.1.